The SMILES string of the molecule is CCOc1cc(C[NH+]2CC[NH+]([C@@H](C)CC)CC2)ccc1OC. The van der Waals surface area contributed by atoms with E-state index in [1.807, 2.05) is 13.0 Å². The van der Waals surface area contributed by atoms with Crippen LogP contribution in [0.5, 0.6) is 11.5 Å². The lowest BCUT2D eigenvalue weighted by molar-refractivity contribution is -1.03. The molecule has 2 N–H and O–H groups in total. The summed E-state index contributed by atoms with van der Waals surface area (Å²) in [6, 6.07) is 7.14. The molecule has 0 amide bonds. The fourth-order valence-corrected chi connectivity index (χ4v) is 3.27. The molecule has 1 atom stereocenters. The fourth-order valence-electron chi connectivity index (χ4n) is 3.27. The monoisotopic (exact) mass is 308 g/mol. The average Bonchev–Trinajstić information content (AvgIpc) is 2.55. The van der Waals surface area contributed by atoms with Crippen molar-refractivity contribution >= 4 is 0 Å². The van der Waals surface area contributed by atoms with Crippen molar-refractivity contribution in [2.24, 2.45) is 0 Å². The summed E-state index contributed by atoms with van der Waals surface area (Å²) in [4.78, 5) is 3.45. The first-order valence-electron chi connectivity index (χ1n) is 8.65. The van der Waals surface area contributed by atoms with Crippen LogP contribution in [-0.2, 0) is 6.54 Å². The third-order valence-electron chi connectivity index (χ3n) is 4.89. The van der Waals surface area contributed by atoms with Crippen molar-refractivity contribution in [3.05, 3.63) is 23.8 Å². The molecule has 1 heterocycles. The van der Waals surface area contributed by atoms with Crippen molar-refractivity contribution in [2.75, 3.05) is 39.9 Å². The number of benzene rings is 1. The van der Waals surface area contributed by atoms with Gasteiger partial charge in [0.05, 0.1) is 19.8 Å². The van der Waals surface area contributed by atoms with E-state index < -0.39 is 0 Å². The fraction of sp³-hybridized carbons (Fsp3) is 0.667. The van der Waals surface area contributed by atoms with E-state index in [0.717, 1.165) is 24.1 Å². The normalized spacial score (nSPS) is 23.1. The number of piperazine rings is 1. The second-order valence-electron chi connectivity index (χ2n) is 6.31. The molecule has 0 unspecified atom stereocenters. The summed E-state index contributed by atoms with van der Waals surface area (Å²) in [5.41, 5.74) is 1.34. The molecule has 0 spiro atoms. The van der Waals surface area contributed by atoms with Crippen LogP contribution in [0.3, 0.4) is 0 Å². The minimum absolute atomic E-state index is 0.670. The summed E-state index contributed by atoms with van der Waals surface area (Å²) >= 11 is 0. The third-order valence-corrected chi connectivity index (χ3v) is 4.89. The Bertz CT molecular complexity index is 456. The van der Waals surface area contributed by atoms with Gasteiger partial charge in [0, 0.05) is 5.56 Å². The molecule has 0 saturated carbocycles. The van der Waals surface area contributed by atoms with Crippen LogP contribution in [0.15, 0.2) is 18.2 Å². The molecule has 22 heavy (non-hydrogen) atoms. The van der Waals surface area contributed by atoms with Gasteiger partial charge >= 0.3 is 0 Å². The number of hydrogen-bond acceptors (Lipinski definition) is 2. The number of ether oxygens (including phenoxy) is 2. The van der Waals surface area contributed by atoms with Gasteiger partial charge in [-0.15, -0.1) is 0 Å². The lowest BCUT2D eigenvalue weighted by Gasteiger charge is -2.33. The molecule has 2 rings (SSSR count). The summed E-state index contributed by atoms with van der Waals surface area (Å²) in [6.45, 7) is 13.5. The second-order valence-corrected chi connectivity index (χ2v) is 6.31. The summed E-state index contributed by atoms with van der Waals surface area (Å²) < 4.78 is 11.0. The molecule has 1 aromatic carbocycles. The minimum Gasteiger partial charge on any atom is -0.493 e. The lowest BCUT2D eigenvalue weighted by Crippen LogP contribution is -3.29. The van der Waals surface area contributed by atoms with Crippen LogP contribution in [0, 0.1) is 0 Å². The number of quaternary nitrogens is 2. The van der Waals surface area contributed by atoms with E-state index in [4.69, 9.17) is 9.47 Å². The van der Waals surface area contributed by atoms with E-state index >= 15 is 0 Å². The Kier molecular flexibility index (Phi) is 6.52. The highest BCUT2D eigenvalue weighted by Gasteiger charge is 2.26. The first-order valence-corrected chi connectivity index (χ1v) is 8.65. The van der Waals surface area contributed by atoms with Gasteiger partial charge < -0.3 is 19.3 Å². The Morgan fingerprint density at radius 1 is 1.09 bits per heavy atom. The van der Waals surface area contributed by atoms with Gasteiger partial charge in [0.25, 0.3) is 0 Å². The van der Waals surface area contributed by atoms with Crippen LogP contribution in [0.1, 0.15) is 32.8 Å². The van der Waals surface area contributed by atoms with Crippen molar-refractivity contribution < 1.29 is 19.3 Å². The molecule has 4 nitrogen and oxygen atoms in total. The zero-order valence-electron chi connectivity index (χ0n) is 14.6. The second kappa shape index (κ2) is 8.39. The van der Waals surface area contributed by atoms with E-state index in [-0.39, 0.29) is 0 Å². The number of hydrogen-bond donors (Lipinski definition) is 2. The lowest BCUT2D eigenvalue weighted by atomic mass is 10.1. The molecule has 1 saturated heterocycles. The molecule has 0 aliphatic carbocycles. The highest BCUT2D eigenvalue weighted by molar-refractivity contribution is 5.42. The Morgan fingerprint density at radius 3 is 2.41 bits per heavy atom. The summed E-state index contributed by atoms with van der Waals surface area (Å²) in [5, 5.41) is 0. The maximum absolute atomic E-state index is 5.68. The topological polar surface area (TPSA) is 27.3 Å². The minimum atomic E-state index is 0.670. The van der Waals surface area contributed by atoms with Gasteiger partial charge in [-0.3, -0.25) is 0 Å². The van der Waals surface area contributed by atoms with Gasteiger partial charge in [0.2, 0.25) is 0 Å². The standard InChI is InChI=1S/C18H30N2O2/c1-5-15(3)20-11-9-19(10-12-20)14-16-7-8-17(21-4)18(13-16)22-6-2/h7-8,13,15H,5-6,9-12,14H2,1-4H3/p+2/t15-/m0/s1. The Morgan fingerprint density at radius 2 is 1.82 bits per heavy atom. The quantitative estimate of drug-likeness (QED) is 0.752. The zero-order valence-corrected chi connectivity index (χ0v) is 14.6. The van der Waals surface area contributed by atoms with E-state index in [0.29, 0.717) is 6.61 Å². The average molecular weight is 308 g/mol. The highest BCUT2D eigenvalue weighted by Crippen LogP contribution is 2.27. The first-order chi connectivity index (χ1) is 10.7. The molecule has 124 valence electrons. The largest absolute Gasteiger partial charge is 0.493 e. The number of rotatable bonds is 7. The zero-order chi connectivity index (χ0) is 15.9. The molecule has 1 aliphatic rings. The van der Waals surface area contributed by atoms with E-state index in [9.17, 15) is 0 Å². The van der Waals surface area contributed by atoms with Crippen molar-refractivity contribution in [2.45, 2.75) is 39.8 Å². The van der Waals surface area contributed by atoms with Gasteiger partial charge in [-0.1, -0.05) is 6.92 Å². The Balaban J connectivity index is 1.93. The number of methoxy groups -OCH3 is 1. The first kappa shape index (κ1) is 17.1. The van der Waals surface area contributed by atoms with E-state index in [1.165, 1.54) is 38.2 Å². The molecular formula is C18H32N2O2+2. The Labute approximate surface area is 135 Å². The van der Waals surface area contributed by atoms with Gasteiger partial charge in [0.1, 0.15) is 32.7 Å². The highest BCUT2D eigenvalue weighted by atomic mass is 16.5. The molecule has 1 aromatic rings. The van der Waals surface area contributed by atoms with Crippen LogP contribution in [-0.4, -0.2) is 45.9 Å². The molecule has 4 heteroatoms. The van der Waals surface area contributed by atoms with Crippen molar-refractivity contribution in [1.29, 1.82) is 0 Å². The van der Waals surface area contributed by atoms with E-state index in [2.05, 4.69) is 26.0 Å². The third kappa shape index (κ3) is 4.37. The predicted octanol–water partition coefficient (Wildman–Crippen LogP) is 0.176. The van der Waals surface area contributed by atoms with Crippen molar-refractivity contribution in [3.8, 4) is 11.5 Å². The van der Waals surface area contributed by atoms with Gasteiger partial charge in [-0.2, -0.15) is 0 Å². The van der Waals surface area contributed by atoms with Crippen molar-refractivity contribution in [3.63, 3.8) is 0 Å². The molecule has 0 bridgehead atoms. The predicted molar refractivity (Wildman–Crippen MR) is 89.0 cm³/mol. The maximum Gasteiger partial charge on any atom is 0.161 e. The van der Waals surface area contributed by atoms with Crippen LogP contribution >= 0.6 is 0 Å². The van der Waals surface area contributed by atoms with Crippen molar-refractivity contribution in [1.82, 2.24) is 0 Å². The van der Waals surface area contributed by atoms with Gasteiger partial charge in [-0.25, -0.2) is 0 Å². The maximum atomic E-state index is 5.68. The van der Waals surface area contributed by atoms with Crippen LogP contribution < -0.4 is 19.3 Å². The van der Waals surface area contributed by atoms with Gasteiger partial charge in [-0.05, 0) is 38.5 Å². The molecule has 1 aliphatic heterocycles. The van der Waals surface area contributed by atoms with Crippen LogP contribution in [0.4, 0.5) is 0 Å². The van der Waals surface area contributed by atoms with Gasteiger partial charge in [0.15, 0.2) is 11.5 Å². The van der Waals surface area contributed by atoms with E-state index in [1.54, 1.807) is 16.9 Å². The molecule has 1 fully saturated rings. The summed E-state index contributed by atoms with van der Waals surface area (Å²) in [5.74, 6) is 1.69. The van der Waals surface area contributed by atoms with Crippen LogP contribution in [0.25, 0.3) is 0 Å². The Hall–Kier alpha value is -1.26. The molecule has 0 radical (unpaired) electrons. The summed E-state index contributed by atoms with van der Waals surface area (Å²) in [7, 11) is 1.69. The van der Waals surface area contributed by atoms with Crippen LogP contribution in [0.2, 0.25) is 0 Å². The molecule has 0 aromatic heterocycles. The smallest absolute Gasteiger partial charge is 0.161 e. The molecular weight excluding hydrogens is 276 g/mol. The number of nitrogens with one attached hydrogen (secondary N) is 2. The summed E-state index contributed by atoms with van der Waals surface area (Å²) in [6.07, 6.45) is 1.28.